The van der Waals surface area contributed by atoms with Crippen molar-refractivity contribution in [1.29, 1.82) is 0 Å². The second-order valence-corrected chi connectivity index (χ2v) is 8.32. The van der Waals surface area contributed by atoms with Crippen LogP contribution in [0.2, 0.25) is 0 Å². The van der Waals surface area contributed by atoms with Crippen LogP contribution in [-0.2, 0) is 11.3 Å². The van der Waals surface area contributed by atoms with Crippen LogP contribution in [0.15, 0.2) is 74.7 Å². The quantitative estimate of drug-likeness (QED) is 0.270. The van der Waals surface area contributed by atoms with Gasteiger partial charge >= 0.3 is 0 Å². The molecule has 0 aliphatic rings. The molecule has 0 atom stereocenters. The lowest BCUT2D eigenvalue weighted by atomic mass is 10.2. The van der Waals surface area contributed by atoms with Crippen LogP contribution in [-0.4, -0.2) is 21.8 Å². The summed E-state index contributed by atoms with van der Waals surface area (Å²) >= 11 is 6.63. The Hall–Kier alpha value is -2.64. The molecule has 1 heterocycles. The van der Waals surface area contributed by atoms with Crippen LogP contribution < -0.4 is 5.43 Å². The molecule has 5 nitrogen and oxygen atoms in total. The Kier molecular flexibility index (Phi) is 5.69. The number of benzene rings is 3. The number of aromatic nitrogens is 1. The third-order valence-corrected chi connectivity index (χ3v) is 5.76. The van der Waals surface area contributed by atoms with E-state index in [-0.39, 0.29) is 18.1 Å². The van der Waals surface area contributed by atoms with Gasteiger partial charge in [-0.05, 0) is 40.2 Å². The maximum Gasteiger partial charge on any atom is 0.241 e. The number of carbonyl (C=O) groups is 1. The normalized spacial score (nSPS) is 11.5. The molecule has 4 rings (SSSR count). The third kappa shape index (κ3) is 4.06. The largest absolute Gasteiger partial charge is 0.506 e. The van der Waals surface area contributed by atoms with Gasteiger partial charge in [0.15, 0.2) is 0 Å². The van der Waals surface area contributed by atoms with E-state index in [9.17, 15) is 9.90 Å². The fourth-order valence-electron chi connectivity index (χ4n) is 3.37. The van der Waals surface area contributed by atoms with Gasteiger partial charge in [-0.2, -0.15) is 5.10 Å². The number of phenols is 1. The van der Waals surface area contributed by atoms with Gasteiger partial charge < -0.3 is 9.67 Å². The van der Waals surface area contributed by atoms with E-state index in [1.165, 1.54) is 17.0 Å². The first kappa shape index (κ1) is 19.7. The maximum atomic E-state index is 12.3. The van der Waals surface area contributed by atoms with Gasteiger partial charge in [0.05, 0.1) is 10.7 Å². The number of aryl methyl sites for hydroxylation is 1. The molecule has 3 aromatic carbocycles. The van der Waals surface area contributed by atoms with Gasteiger partial charge in [0.2, 0.25) is 5.91 Å². The van der Waals surface area contributed by atoms with E-state index in [1.54, 1.807) is 12.1 Å². The van der Waals surface area contributed by atoms with E-state index in [4.69, 9.17) is 0 Å². The Bertz CT molecular complexity index is 1190. The van der Waals surface area contributed by atoms with Crippen molar-refractivity contribution in [1.82, 2.24) is 9.99 Å². The zero-order valence-electron chi connectivity index (χ0n) is 15.3. The van der Waals surface area contributed by atoms with Crippen LogP contribution in [0.5, 0.6) is 5.75 Å². The Morgan fingerprint density at radius 3 is 2.31 bits per heavy atom. The number of halogens is 2. The van der Waals surface area contributed by atoms with E-state index < -0.39 is 0 Å². The van der Waals surface area contributed by atoms with Gasteiger partial charge in [-0.1, -0.05) is 52.3 Å². The predicted octanol–water partition coefficient (Wildman–Crippen LogP) is 5.57. The molecule has 0 radical (unpaired) electrons. The number of phenolic OH excluding ortho intramolecular Hbond substituents is 1. The van der Waals surface area contributed by atoms with E-state index in [1.807, 2.05) is 24.3 Å². The molecular formula is C22H17Br2N3O2. The molecular weight excluding hydrogens is 498 g/mol. The van der Waals surface area contributed by atoms with Crippen molar-refractivity contribution in [3.8, 4) is 5.75 Å². The molecule has 0 saturated heterocycles. The molecule has 7 heteroatoms. The smallest absolute Gasteiger partial charge is 0.241 e. The molecule has 2 N–H and O–H groups in total. The van der Waals surface area contributed by atoms with E-state index in [2.05, 4.69) is 71.2 Å². The van der Waals surface area contributed by atoms with Gasteiger partial charge in [0, 0.05) is 44.8 Å². The first-order chi connectivity index (χ1) is 14.0. The summed E-state index contributed by atoms with van der Waals surface area (Å²) in [6.07, 6.45) is 1.71. The lowest BCUT2D eigenvalue weighted by Crippen LogP contribution is -2.19. The van der Waals surface area contributed by atoms with Crippen LogP contribution in [0.3, 0.4) is 0 Å². The Balaban J connectivity index is 1.48. The van der Waals surface area contributed by atoms with Crippen LogP contribution in [0.4, 0.5) is 0 Å². The molecule has 0 saturated carbocycles. The minimum Gasteiger partial charge on any atom is -0.506 e. The SMILES string of the molecule is O=C(CCn1c2ccccc2c2ccccc21)N/N=C\c1cc(Br)cc(Br)c1O. The summed E-state index contributed by atoms with van der Waals surface area (Å²) in [6.45, 7) is 0.545. The molecule has 0 aliphatic carbocycles. The summed E-state index contributed by atoms with van der Waals surface area (Å²) in [7, 11) is 0. The number of rotatable bonds is 5. The molecule has 1 aromatic heterocycles. The zero-order chi connectivity index (χ0) is 20.4. The van der Waals surface area contributed by atoms with Crippen LogP contribution in [0.1, 0.15) is 12.0 Å². The Morgan fingerprint density at radius 1 is 1.03 bits per heavy atom. The minimum absolute atomic E-state index is 0.0662. The highest BCUT2D eigenvalue weighted by molar-refractivity contribution is 9.11. The average molecular weight is 515 g/mol. The van der Waals surface area contributed by atoms with Crippen molar-refractivity contribution < 1.29 is 9.90 Å². The monoisotopic (exact) mass is 513 g/mol. The molecule has 0 spiro atoms. The summed E-state index contributed by atoms with van der Waals surface area (Å²) in [5.74, 6) is -0.131. The standard InChI is InChI=1S/C22H17Br2N3O2/c23-15-11-14(22(29)18(24)12-15)13-25-26-21(28)9-10-27-19-7-3-1-5-16(19)17-6-2-4-8-20(17)27/h1-8,11-13,29H,9-10H2,(H,26,28)/b25-13-. The van der Waals surface area contributed by atoms with Gasteiger partial charge in [-0.15, -0.1) is 0 Å². The number of nitrogens with zero attached hydrogens (tertiary/aromatic N) is 2. The van der Waals surface area contributed by atoms with Crippen molar-refractivity contribution in [2.45, 2.75) is 13.0 Å². The maximum absolute atomic E-state index is 12.3. The molecule has 0 aliphatic heterocycles. The summed E-state index contributed by atoms with van der Waals surface area (Å²) < 4.78 is 3.50. The Morgan fingerprint density at radius 2 is 1.66 bits per heavy atom. The molecule has 29 heavy (non-hydrogen) atoms. The fourth-order valence-corrected chi connectivity index (χ4v) is 4.63. The number of amides is 1. The molecule has 4 aromatic rings. The van der Waals surface area contributed by atoms with Crippen LogP contribution in [0, 0.1) is 0 Å². The minimum atomic E-state index is -0.198. The van der Waals surface area contributed by atoms with Gasteiger partial charge in [0.1, 0.15) is 5.75 Å². The highest BCUT2D eigenvalue weighted by Crippen LogP contribution is 2.31. The van der Waals surface area contributed by atoms with Crippen LogP contribution in [0.25, 0.3) is 21.8 Å². The number of fused-ring (bicyclic) bond motifs is 3. The summed E-state index contributed by atoms with van der Waals surface area (Å²) in [5, 5.41) is 16.4. The zero-order valence-corrected chi connectivity index (χ0v) is 18.4. The van der Waals surface area contributed by atoms with E-state index >= 15 is 0 Å². The first-order valence-electron chi connectivity index (χ1n) is 9.00. The number of nitrogens with one attached hydrogen (secondary N) is 1. The number of hydrogen-bond donors (Lipinski definition) is 2. The number of para-hydroxylation sites is 2. The Labute approximate surface area is 184 Å². The highest BCUT2D eigenvalue weighted by Gasteiger charge is 2.11. The molecule has 1 amide bonds. The summed E-state index contributed by atoms with van der Waals surface area (Å²) in [6, 6.07) is 19.8. The average Bonchev–Trinajstić information content (AvgIpc) is 3.04. The fraction of sp³-hybridized carbons (Fsp3) is 0.0909. The van der Waals surface area contributed by atoms with E-state index in [0.717, 1.165) is 15.5 Å². The van der Waals surface area contributed by atoms with Crippen molar-refractivity contribution in [3.63, 3.8) is 0 Å². The van der Waals surface area contributed by atoms with Crippen molar-refractivity contribution >= 4 is 65.8 Å². The van der Waals surface area contributed by atoms with Gasteiger partial charge in [-0.25, -0.2) is 5.43 Å². The topological polar surface area (TPSA) is 66.6 Å². The van der Waals surface area contributed by atoms with Gasteiger partial charge in [0.25, 0.3) is 0 Å². The molecule has 146 valence electrons. The number of carbonyl (C=O) groups excluding carboxylic acids is 1. The molecule has 0 unspecified atom stereocenters. The van der Waals surface area contributed by atoms with Crippen molar-refractivity contribution in [2.24, 2.45) is 5.10 Å². The summed E-state index contributed by atoms with van der Waals surface area (Å²) in [4.78, 5) is 12.3. The lowest BCUT2D eigenvalue weighted by Gasteiger charge is -2.07. The second kappa shape index (κ2) is 8.39. The number of hydrazone groups is 1. The first-order valence-corrected chi connectivity index (χ1v) is 10.6. The van der Waals surface area contributed by atoms with Crippen molar-refractivity contribution in [2.75, 3.05) is 0 Å². The van der Waals surface area contributed by atoms with Crippen LogP contribution >= 0.6 is 31.9 Å². The molecule has 0 fully saturated rings. The van der Waals surface area contributed by atoms with Crippen molar-refractivity contribution in [3.05, 3.63) is 75.2 Å². The summed E-state index contributed by atoms with van der Waals surface area (Å²) in [5.41, 5.74) is 5.24. The second-order valence-electron chi connectivity index (χ2n) is 6.55. The third-order valence-electron chi connectivity index (χ3n) is 4.69. The number of aromatic hydroxyl groups is 1. The predicted molar refractivity (Wildman–Crippen MR) is 123 cm³/mol. The van der Waals surface area contributed by atoms with Gasteiger partial charge in [-0.3, -0.25) is 4.79 Å². The highest BCUT2D eigenvalue weighted by atomic mass is 79.9. The van der Waals surface area contributed by atoms with E-state index in [0.29, 0.717) is 16.6 Å². The number of hydrogen-bond acceptors (Lipinski definition) is 3. The lowest BCUT2D eigenvalue weighted by molar-refractivity contribution is -0.121. The molecule has 0 bridgehead atoms.